The van der Waals surface area contributed by atoms with Crippen LogP contribution in [0.2, 0.25) is 0 Å². The number of rotatable bonds is 1. The number of carbonyl (C=O) groups is 2. The fourth-order valence-corrected chi connectivity index (χ4v) is 2.06. The first-order valence-electron chi connectivity index (χ1n) is 6.44. The van der Waals surface area contributed by atoms with Crippen LogP contribution < -0.4 is 5.32 Å². The van der Waals surface area contributed by atoms with Crippen LogP contribution >= 0.6 is 0 Å². The molecule has 1 fully saturated rings. The van der Waals surface area contributed by atoms with Crippen LogP contribution in [0.25, 0.3) is 0 Å². The lowest BCUT2D eigenvalue weighted by molar-refractivity contribution is -0.130. The first-order chi connectivity index (χ1) is 9.06. The van der Waals surface area contributed by atoms with Gasteiger partial charge in [0.15, 0.2) is 0 Å². The van der Waals surface area contributed by atoms with Crippen molar-refractivity contribution >= 4 is 17.6 Å². The maximum absolute atomic E-state index is 12.0. The molecule has 0 unspecified atom stereocenters. The Kier molecular flexibility index (Phi) is 4.04. The number of nitrogens with one attached hydrogen (secondary N) is 1. The molecule has 1 saturated heterocycles. The van der Waals surface area contributed by atoms with Crippen LogP contribution in [0.5, 0.6) is 0 Å². The van der Waals surface area contributed by atoms with Crippen LogP contribution in [0.1, 0.15) is 12.5 Å². The number of anilines is 1. The van der Waals surface area contributed by atoms with Crippen LogP contribution in [-0.2, 0) is 4.79 Å². The van der Waals surface area contributed by atoms with Gasteiger partial charge in [-0.2, -0.15) is 0 Å². The average Bonchev–Trinajstić information content (AvgIpc) is 2.41. The molecule has 5 nitrogen and oxygen atoms in total. The summed E-state index contributed by atoms with van der Waals surface area (Å²) in [5.74, 6) is 0.0681. The molecule has 1 aromatic carbocycles. The van der Waals surface area contributed by atoms with Gasteiger partial charge in [0.1, 0.15) is 0 Å². The Labute approximate surface area is 113 Å². The zero-order chi connectivity index (χ0) is 13.8. The molecule has 5 heteroatoms. The molecule has 0 aromatic heterocycles. The third kappa shape index (κ3) is 3.47. The Morgan fingerprint density at radius 3 is 2.05 bits per heavy atom. The number of carbonyl (C=O) groups excluding carboxylic acids is 2. The summed E-state index contributed by atoms with van der Waals surface area (Å²) in [7, 11) is 0. The molecule has 0 spiro atoms. The molecule has 1 heterocycles. The lowest BCUT2D eigenvalue weighted by atomic mass is 10.2. The topological polar surface area (TPSA) is 52.7 Å². The third-order valence-electron chi connectivity index (χ3n) is 3.32. The number of hydrogen-bond acceptors (Lipinski definition) is 2. The summed E-state index contributed by atoms with van der Waals surface area (Å²) in [4.78, 5) is 26.7. The van der Waals surface area contributed by atoms with Crippen molar-refractivity contribution in [3.63, 3.8) is 0 Å². The molecule has 102 valence electrons. The third-order valence-corrected chi connectivity index (χ3v) is 3.32. The first-order valence-corrected chi connectivity index (χ1v) is 6.44. The standard InChI is InChI=1S/C14H19N3O2/c1-11-3-5-13(6-4-11)15-14(19)17-9-7-16(8-10-17)12(2)18/h3-6H,7-10H2,1-2H3,(H,15,19). The van der Waals surface area contributed by atoms with E-state index in [9.17, 15) is 9.59 Å². The van der Waals surface area contributed by atoms with Crippen molar-refractivity contribution in [1.29, 1.82) is 0 Å². The number of aryl methyl sites for hydroxylation is 1. The molecular formula is C14H19N3O2. The van der Waals surface area contributed by atoms with Crippen LogP contribution in [-0.4, -0.2) is 47.9 Å². The molecule has 1 aromatic rings. The lowest BCUT2D eigenvalue weighted by Crippen LogP contribution is -2.51. The first kappa shape index (κ1) is 13.4. The Morgan fingerprint density at radius 1 is 1.00 bits per heavy atom. The van der Waals surface area contributed by atoms with Gasteiger partial charge in [-0.05, 0) is 19.1 Å². The SMILES string of the molecule is CC(=O)N1CCN(C(=O)Nc2ccc(C)cc2)CC1. The fourth-order valence-electron chi connectivity index (χ4n) is 2.06. The van der Waals surface area contributed by atoms with Gasteiger partial charge in [0.25, 0.3) is 0 Å². The van der Waals surface area contributed by atoms with E-state index in [0.717, 1.165) is 11.3 Å². The zero-order valence-corrected chi connectivity index (χ0v) is 11.3. The highest BCUT2D eigenvalue weighted by molar-refractivity contribution is 5.89. The zero-order valence-electron chi connectivity index (χ0n) is 11.3. The second-order valence-corrected chi connectivity index (χ2v) is 4.79. The Balaban J connectivity index is 1.88. The summed E-state index contributed by atoms with van der Waals surface area (Å²) >= 11 is 0. The smallest absolute Gasteiger partial charge is 0.321 e. The minimum atomic E-state index is -0.105. The van der Waals surface area contributed by atoms with E-state index in [4.69, 9.17) is 0 Å². The summed E-state index contributed by atoms with van der Waals surface area (Å²) in [6.07, 6.45) is 0. The molecule has 0 atom stereocenters. The van der Waals surface area contributed by atoms with E-state index in [1.807, 2.05) is 31.2 Å². The predicted molar refractivity (Wildman–Crippen MR) is 74.0 cm³/mol. The van der Waals surface area contributed by atoms with Gasteiger partial charge in [-0.15, -0.1) is 0 Å². The fraction of sp³-hybridized carbons (Fsp3) is 0.429. The quantitative estimate of drug-likeness (QED) is 0.836. The lowest BCUT2D eigenvalue weighted by Gasteiger charge is -2.34. The van der Waals surface area contributed by atoms with Gasteiger partial charge in [0.2, 0.25) is 5.91 Å². The normalized spacial score (nSPS) is 15.3. The van der Waals surface area contributed by atoms with Gasteiger partial charge in [0.05, 0.1) is 0 Å². The van der Waals surface area contributed by atoms with Crippen molar-refractivity contribution in [2.45, 2.75) is 13.8 Å². The minimum Gasteiger partial charge on any atom is -0.339 e. The molecule has 3 amide bonds. The van der Waals surface area contributed by atoms with E-state index in [1.54, 1.807) is 16.7 Å². The maximum Gasteiger partial charge on any atom is 0.321 e. The van der Waals surface area contributed by atoms with Gasteiger partial charge in [-0.1, -0.05) is 17.7 Å². The number of hydrogen-bond donors (Lipinski definition) is 1. The molecule has 1 aliphatic rings. The summed E-state index contributed by atoms with van der Waals surface area (Å²) < 4.78 is 0. The second kappa shape index (κ2) is 5.73. The summed E-state index contributed by atoms with van der Waals surface area (Å²) in [6.45, 7) is 5.94. The predicted octanol–water partition coefficient (Wildman–Crippen LogP) is 1.69. The van der Waals surface area contributed by atoms with E-state index >= 15 is 0 Å². The number of amides is 3. The van der Waals surface area contributed by atoms with Crippen molar-refractivity contribution in [2.24, 2.45) is 0 Å². The molecule has 1 aliphatic heterocycles. The van der Waals surface area contributed by atoms with Gasteiger partial charge >= 0.3 is 6.03 Å². The molecule has 0 aliphatic carbocycles. The molecule has 0 saturated carbocycles. The van der Waals surface area contributed by atoms with Gasteiger partial charge in [-0.3, -0.25) is 4.79 Å². The van der Waals surface area contributed by atoms with Gasteiger partial charge in [0, 0.05) is 38.8 Å². The highest BCUT2D eigenvalue weighted by atomic mass is 16.2. The molecule has 1 N–H and O–H groups in total. The van der Waals surface area contributed by atoms with E-state index < -0.39 is 0 Å². The molecule has 19 heavy (non-hydrogen) atoms. The van der Waals surface area contributed by atoms with Crippen LogP contribution in [0.4, 0.5) is 10.5 Å². The molecule has 0 radical (unpaired) electrons. The Hall–Kier alpha value is -2.04. The summed E-state index contributed by atoms with van der Waals surface area (Å²) in [6, 6.07) is 7.59. The number of urea groups is 1. The van der Waals surface area contributed by atoms with E-state index in [1.165, 1.54) is 0 Å². The average molecular weight is 261 g/mol. The number of nitrogens with zero attached hydrogens (tertiary/aromatic N) is 2. The maximum atomic E-state index is 12.0. The molecule has 2 rings (SSSR count). The Bertz CT molecular complexity index is 462. The van der Waals surface area contributed by atoms with Crippen molar-refractivity contribution < 1.29 is 9.59 Å². The molecule has 0 bridgehead atoms. The van der Waals surface area contributed by atoms with Crippen LogP contribution in [0.15, 0.2) is 24.3 Å². The highest BCUT2D eigenvalue weighted by Crippen LogP contribution is 2.10. The largest absolute Gasteiger partial charge is 0.339 e. The van der Waals surface area contributed by atoms with Gasteiger partial charge in [-0.25, -0.2) is 4.79 Å². The second-order valence-electron chi connectivity index (χ2n) is 4.79. The van der Waals surface area contributed by atoms with E-state index in [2.05, 4.69) is 5.32 Å². The van der Waals surface area contributed by atoms with Crippen molar-refractivity contribution in [1.82, 2.24) is 9.80 Å². The number of benzene rings is 1. The van der Waals surface area contributed by atoms with Crippen LogP contribution in [0.3, 0.4) is 0 Å². The monoisotopic (exact) mass is 261 g/mol. The summed E-state index contributed by atoms with van der Waals surface area (Å²) in [5, 5.41) is 2.87. The van der Waals surface area contributed by atoms with Gasteiger partial charge < -0.3 is 15.1 Å². The van der Waals surface area contributed by atoms with Crippen molar-refractivity contribution in [3.05, 3.63) is 29.8 Å². The van der Waals surface area contributed by atoms with E-state index in [0.29, 0.717) is 26.2 Å². The molecular weight excluding hydrogens is 242 g/mol. The highest BCUT2D eigenvalue weighted by Gasteiger charge is 2.22. The van der Waals surface area contributed by atoms with E-state index in [-0.39, 0.29) is 11.9 Å². The van der Waals surface area contributed by atoms with Crippen LogP contribution in [0, 0.1) is 6.92 Å². The number of piperazine rings is 1. The Morgan fingerprint density at radius 2 is 1.53 bits per heavy atom. The van der Waals surface area contributed by atoms with Crippen molar-refractivity contribution in [2.75, 3.05) is 31.5 Å². The summed E-state index contributed by atoms with van der Waals surface area (Å²) in [5.41, 5.74) is 1.96. The van der Waals surface area contributed by atoms with Crippen molar-refractivity contribution in [3.8, 4) is 0 Å². The minimum absolute atomic E-state index is 0.0681.